The molecule has 0 spiro atoms. The van der Waals surface area contributed by atoms with Gasteiger partial charge in [0.15, 0.2) is 5.82 Å². The van der Waals surface area contributed by atoms with Gasteiger partial charge in [-0.2, -0.15) is 0 Å². The second-order valence-electron chi connectivity index (χ2n) is 7.25. The molecule has 0 aliphatic carbocycles. The van der Waals surface area contributed by atoms with Crippen molar-refractivity contribution in [2.24, 2.45) is 0 Å². The standard InChI is InChI=1S/C22H26N4O2S/c1-2-28-20-12-10-18(11-13-20)26-21(17-7-4-3-5-8-17)23-25(22(26)29)16-24-14-6-9-19(27)15-24/h3-5,7-8,10-13,19,27H,2,6,9,14-16H2,1H3/t19-/m0/s1. The zero-order chi connectivity index (χ0) is 20.2. The van der Waals surface area contributed by atoms with Crippen molar-refractivity contribution >= 4 is 12.2 Å². The molecule has 0 radical (unpaired) electrons. The van der Waals surface area contributed by atoms with E-state index in [0.717, 1.165) is 42.2 Å². The van der Waals surface area contributed by atoms with Gasteiger partial charge < -0.3 is 9.84 Å². The third-order valence-electron chi connectivity index (χ3n) is 5.09. The van der Waals surface area contributed by atoms with Gasteiger partial charge in [-0.05, 0) is 56.2 Å². The molecule has 2 aromatic carbocycles. The maximum absolute atomic E-state index is 10.00. The summed E-state index contributed by atoms with van der Waals surface area (Å²) in [6.07, 6.45) is 1.57. The van der Waals surface area contributed by atoms with Crippen LogP contribution < -0.4 is 4.74 Å². The van der Waals surface area contributed by atoms with E-state index in [-0.39, 0.29) is 6.10 Å². The number of likely N-dealkylation sites (tertiary alicyclic amines) is 1. The maximum Gasteiger partial charge on any atom is 0.204 e. The fourth-order valence-corrected chi connectivity index (χ4v) is 4.00. The molecule has 0 bridgehead atoms. The summed E-state index contributed by atoms with van der Waals surface area (Å²) in [6.45, 7) is 4.76. The molecule has 7 heteroatoms. The van der Waals surface area contributed by atoms with Crippen molar-refractivity contribution in [2.75, 3.05) is 19.7 Å². The number of hydrogen-bond acceptors (Lipinski definition) is 5. The summed E-state index contributed by atoms with van der Waals surface area (Å²) < 4.78 is 10.1. The predicted octanol–water partition coefficient (Wildman–Crippen LogP) is 3.88. The Morgan fingerprint density at radius 3 is 2.59 bits per heavy atom. The number of benzene rings is 2. The number of aliphatic hydroxyl groups excluding tert-OH is 1. The summed E-state index contributed by atoms with van der Waals surface area (Å²) in [4.78, 5) is 2.20. The molecule has 6 nitrogen and oxygen atoms in total. The van der Waals surface area contributed by atoms with Crippen molar-refractivity contribution in [3.8, 4) is 22.8 Å². The van der Waals surface area contributed by atoms with Gasteiger partial charge in [0.25, 0.3) is 0 Å². The number of hydrogen-bond donors (Lipinski definition) is 1. The molecule has 1 aromatic heterocycles. The van der Waals surface area contributed by atoms with Gasteiger partial charge >= 0.3 is 0 Å². The fourth-order valence-electron chi connectivity index (χ4n) is 3.71. The number of nitrogens with zero attached hydrogens (tertiary/aromatic N) is 4. The Morgan fingerprint density at radius 2 is 1.90 bits per heavy atom. The van der Waals surface area contributed by atoms with E-state index in [1.165, 1.54) is 0 Å². The molecule has 152 valence electrons. The van der Waals surface area contributed by atoms with E-state index in [1.54, 1.807) is 0 Å². The molecule has 4 rings (SSSR count). The van der Waals surface area contributed by atoms with Crippen LogP contribution in [0.3, 0.4) is 0 Å². The number of aromatic nitrogens is 3. The van der Waals surface area contributed by atoms with Crippen LogP contribution in [0, 0.1) is 4.77 Å². The Bertz CT molecular complexity index is 998. The van der Waals surface area contributed by atoms with Crippen molar-refractivity contribution in [2.45, 2.75) is 32.5 Å². The highest BCUT2D eigenvalue weighted by atomic mass is 32.1. The molecule has 2 heterocycles. The van der Waals surface area contributed by atoms with Gasteiger partial charge in [-0.25, -0.2) is 4.68 Å². The monoisotopic (exact) mass is 410 g/mol. The second kappa shape index (κ2) is 8.90. The minimum Gasteiger partial charge on any atom is -0.494 e. The Morgan fingerprint density at radius 1 is 1.14 bits per heavy atom. The summed E-state index contributed by atoms with van der Waals surface area (Å²) in [7, 11) is 0. The Labute approximate surface area is 176 Å². The lowest BCUT2D eigenvalue weighted by Crippen LogP contribution is -2.39. The van der Waals surface area contributed by atoms with Gasteiger partial charge in [-0.1, -0.05) is 30.3 Å². The number of rotatable bonds is 6. The summed E-state index contributed by atoms with van der Waals surface area (Å²) in [5.41, 5.74) is 1.95. The predicted molar refractivity (Wildman–Crippen MR) is 116 cm³/mol. The van der Waals surface area contributed by atoms with E-state index in [4.69, 9.17) is 22.1 Å². The normalized spacial score (nSPS) is 17.4. The molecule has 0 saturated carbocycles. The average Bonchev–Trinajstić information content (AvgIpc) is 3.06. The first-order valence-corrected chi connectivity index (χ1v) is 10.5. The molecule has 1 atom stereocenters. The Kier molecular flexibility index (Phi) is 6.08. The van der Waals surface area contributed by atoms with Crippen molar-refractivity contribution in [3.05, 3.63) is 59.4 Å². The van der Waals surface area contributed by atoms with Crippen LogP contribution in [0.4, 0.5) is 0 Å². The largest absolute Gasteiger partial charge is 0.494 e. The van der Waals surface area contributed by atoms with Crippen LogP contribution in [0.2, 0.25) is 0 Å². The maximum atomic E-state index is 10.00. The Hall–Kier alpha value is -2.48. The third kappa shape index (κ3) is 4.42. The van der Waals surface area contributed by atoms with Crippen molar-refractivity contribution < 1.29 is 9.84 Å². The lowest BCUT2D eigenvalue weighted by molar-refractivity contribution is 0.0513. The van der Waals surface area contributed by atoms with Gasteiger partial charge in [0, 0.05) is 18.7 Å². The highest BCUT2D eigenvalue weighted by Gasteiger charge is 2.20. The Balaban J connectivity index is 1.74. The van der Waals surface area contributed by atoms with Crippen molar-refractivity contribution in [1.82, 2.24) is 19.2 Å². The quantitative estimate of drug-likeness (QED) is 0.625. The average molecular weight is 411 g/mol. The first-order chi connectivity index (χ1) is 14.2. The van der Waals surface area contributed by atoms with E-state index in [2.05, 4.69) is 4.90 Å². The lowest BCUT2D eigenvalue weighted by Gasteiger charge is -2.29. The first kappa shape index (κ1) is 19.8. The highest BCUT2D eigenvalue weighted by molar-refractivity contribution is 7.71. The van der Waals surface area contributed by atoms with Crippen LogP contribution in [0.1, 0.15) is 19.8 Å². The summed E-state index contributed by atoms with van der Waals surface area (Å²) in [5.74, 6) is 1.64. The molecule has 1 fully saturated rings. The molecular weight excluding hydrogens is 384 g/mol. The van der Waals surface area contributed by atoms with Crippen LogP contribution in [0.5, 0.6) is 5.75 Å². The van der Waals surface area contributed by atoms with Crippen molar-refractivity contribution in [1.29, 1.82) is 0 Å². The van der Waals surface area contributed by atoms with E-state index < -0.39 is 0 Å². The molecule has 1 aliphatic heterocycles. The summed E-state index contributed by atoms with van der Waals surface area (Å²) >= 11 is 5.82. The van der Waals surface area contributed by atoms with Gasteiger partial charge in [0.1, 0.15) is 5.75 Å². The van der Waals surface area contributed by atoms with E-state index in [0.29, 0.717) is 24.6 Å². The van der Waals surface area contributed by atoms with E-state index in [9.17, 15) is 5.11 Å². The number of aliphatic hydroxyl groups is 1. The molecule has 0 unspecified atom stereocenters. The van der Waals surface area contributed by atoms with E-state index in [1.807, 2.05) is 70.8 Å². The van der Waals surface area contributed by atoms with Crippen LogP contribution in [0.25, 0.3) is 17.1 Å². The molecule has 1 aliphatic rings. The molecule has 3 aromatic rings. The first-order valence-electron chi connectivity index (χ1n) is 10.0. The van der Waals surface area contributed by atoms with Gasteiger partial charge in [0.2, 0.25) is 4.77 Å². The van der Waals surface area contributed by atoms with Crippen LogP contribution >= 0.6 is 12.2 Å². The van der Waals surface area contributed by atoms with Crippen LogP contribution in [-0.2, 0) is 6.67 Å². The zero-order valence-corrected chi connectivity index (χ0v) is 17.4. The highest BCUT2D eigenvalue weighted by Crippen LogP contribution is 2.24. The molecule has 1 saturated heterocycles. The topological polar surface area (TPSA) is 55.5 Å². The van der Waals surface area contributed by atoms with Crippen molar-refractivity contribution in [3.63, 3.8) is 0 Å². The lowest BCUT2D eigenvalue weighted by atomic mass is 10.1. The number of ether oxygens (including phenoxy) is 1. The van der Waals surface area contributed by atoms with Crippen LogP contribution in [0.15, 0.2) is 54.6 Å². The van der Waals surface area contributed by atoms with Gasteiger partial charge in [-0.3, -0.25) is 9.47 Å². The van der Waals surface area contributed by atoms with Crippen LogP contribution in [-0.4, -0.2) is 50.2 Å². The van der Waals surface area contributed by atoms with Gasteiger partial charge in [0.05, 0.1) is 25.1 Å². The van der Waals surface area contributed by atoms with E-state index >= 15 is 0 Å². The summed E-state index contributed by atoms with van der Waals surface area (Å²) in [5, 5.41) is 14.9. The molecule has 1 N–H and O–H groups in total. The van der Waals surface area contributed by atoms with Gasteiger partial charge in [-0.15, -0.1) is 5.10 Å². The third-order valence-corrected chi connectivity index (χ3v) is 5.49. The number of piperidine rings is 1. The fraction of sp³-hybridized carbons (Fsp3) is 0.364. The smallest absolute Gasteiger partial charge is 0.204 e. The zero-order valence-electron chi connectivity index (χ0n) is 16.6. The SMILES string of the molecule is CCOc1ccc(-n2c(-c3ccccc3)nn(CN3CCC[C@H](O)C3)c2=S)cc1. The molecule has 29 heavy (non-hydrogen) atoms. The molecular formula is C22H26N4O2S. The minimum atomic E-state index is -0.278. The number of β-amino-alcohol motifs (C(OH)–C–C–N with tert-alkyl or cyclic N) is 1. The summed E-state index contributed by atoms with van der Waals surface area (Å²) in [6, 6.07) is 18.0. The second-order valence-corrected chi connectivity index (χ2v) is 7.61. The molecule has 0 amide bonds. The minimum absolute atomic E-state index is 0.278.